The van der Waals surface area contributed by atoms with E-state index in [-0.39, 0.29) is 0 Å². The van der Waals surface area contributed by atoms with Gasteiger partial charge in [0, 0.05) is 24.1 Å². The number of hydrogen-bond donors (Lipinski definition) is 1. The maximum Gasteiger partial charge on any atom is 0.199 e. The maximum absolute atomic E-state index is 6.12. The Hall–Kier alpha value is -1.03. The molecular weight excluding hydrogens is 262 g/mol. The summed E-state index contributed by atoms with van der Waals surface area (Å²) in [5, 5.41) is 4.93. The molecule has 0 unspecified atom stereocenters. The summed E-state index contributed by atoms with van der Waals surface area (Å²) in [6.07, 6.45) is 1.29. The summed E-state index contributed by atoms with van der Waals surface area (Å²) in [6.45, 7) is 6.50. The van der Waals surface area contributed by atoms with Crippen LogP contribution in [0.1, 0.15) is 25.8 Å². The first-order chi connectivity index (χ1) is 9.18. The van der Waals surface area contributed by atoms with Gasteiger partial charge < -0.3 is 14.5 Å². The molecule has 1 aromatic heterocycles. The number of para-hydroxylation sites is 1. The van der Waals surface area contributed by atoms with Crippen LogP contribution in [0.5, 0.6) is 0 Å². The molecular formula is C15H20ClNO2. The monoisotopic (exact) mass is 281 g/mol. The molecule has 2 rings (SSSR count). The van der Waals surface area contributed by atoms with Crippen molar-refractivity contribution in [3.05, 3.63) is 35.0 Å². The molecule has 4 heteroatoms. The molecule has 1 N–H and O–H groups in total. The molecule has 0 aliphatic rings. The lowest BCUT2D eigenvalue weighted by atomic mass is 10.2. The van der Waals surface area contributed by atoms with Crippen LogP contribution in [-0.4, -0.2) is 19.3 Å². The van der Waals surface area contributed by atoms with E-state index in [9.17, 15) is 0 Å². The summed E-state index contributed by atoms with van der Waals surface area (Å²) in [7, 11) is 0. The van der Waals surface area contributed by atoms with E-state index in [1.807, 2.05) is 38.1 Å². The van der Waals surface area contributed by atoms with Crippen molar-refractivity contribution >= 4 is 22.6 Å². The van der Waals surface area contributed by atoms with E-state index in [4.69, 9.17) is 20.8 Å². The third kappa shape index (κ3) is 3.96. The van der Waals surface area contributed by atoms with Gasteiger partial charge in [-0.2, -0.15) is 0 Å². The molecule has 0 atom stereocenters. The number of benzene rings is 1. The summed E-state index contributed by atoms with van der Waals surface area (Å²) in [5.41, 5.74) is 1.87. The molecule has 0 saturated heterocycles. The second kappa shape index (κ2) is 6.94. The molecule has 0 saturated carbocycles. The summed E-state index contributed by atoms with van der Waals surface area (Å²) >= 11 is 6.12. The van der Waals surface area contributed by atoms with Crippen molar-refractivity contribution in [1.82, 2.24) is 5.32 Å². The van der Waals surface area contributed by atoms with E-state index in [0.29, 0.717) is 11.3 Å². The van der Waals surface area contributed by atoms with Crippen molar-refractivity contribution in [3.8, 4) is 0 Å². The van der Waals surface area contributed by atoms with Gasteiger partial charge in [0.1, 0.15) is 5.58 Å². The SMILES string of the molecule is CC(C)OCCCNCc1c(Cl)oc2ccccc12. The Morgan fingerprint density at radius 1 is 1.32 bits per heavy atom. The zero-order chi connectivity index (χ0) is 13.7. The molecule has 0 amide bonds. The fourth-order valence-electron chi connectivity index (χ4n) is 1.96. The average molecular weight is 282 g/mol. The Morgan fingerprint density at radius 3 is 2.89 bits per heavy atom. The number of halogens is 1. The number of hydrogen-bond acceptors (Lipinski definition) is 3. The van der Waals surface area contributed by atoms with Crippen LogP contribution in [0.3, 0.4) is 0 Å². The van der Waals surface area contributed by atoms with Gasteiger partial charge in [-0.15, -0.1) is 0 Å². The molecule has 0 aliphatic carbocycles. The van der Waals surface area contributed by atoms with Crippen molar-refractivity contribution in [1.29, 1.82) is 0 Å². The molecule has 0 spiro atoms. The molecule has 3 nitrogen and oxygen atoms in total. The van der Waals surface area contributed by atoms with Gasteiger partial charge in [-0.05, 0) is 44.5 Å². The lowest BCUT2D eigenvalue weighted by Crippen LogP contribution is -2.17. The van der Waals surface area contributed by atoms with Crippen LogP contribution >= 0.6 is 11.6 Å². The smallest absolute Gasteiger partial charge is 0.199 e. The lowest BCUT2D eigenvalue weighted by Gasteiger charge is -2.07. The Bertz CT molecular complexity index is 522. The maximum atomic E-state index is 6.12. The molecule has 1 aromatic carbocycles. The molecule has 104 valence electrons. The Labute approximate surface area is 118 Å². The van der Waals surface area contributed by atoms with E-state index in [0.717, 1.165) is 42.6 Å². The van der Waals surface area contributed by atoms with E-state index in [2.05, 4.69) is 5.32 Å². The predicted octanol–water partition coefficient (Wildman–Crippen LogP) is 3.99. The first-order valence-corrected chi connectivity index (χ1v) is 7.04. The van der Waals surface area contributed by atoms with Crippen LogP contribution in [0, 0.1) is 0 Å². The number of rotatable bonds is 7. The highest BCUT2D eigenvalue weighted by molar-refractivity contribution is 6.30. The van der Waals surface area contributed by atoms with Gasteiger partial charge >= 0.3 is 0 Å². The minimum Gasteiger partial charge on any atom is -0.444 e. The molecule has 0 radical (unpaired) electrons. The van der Waals surface area contributed by atoms with E-state index in [1.165, 1.54) is 0 Å². The highest BCUT2D eigenvalue weighted by Crippen LogP contribution is 2.29. The topological polar surface area (TPSA) is 34.4 Å². The number of fused-ring (bicyclic) bond motifs is 1. The molecule has 0 bridgehead atoms. The van der Waals surface area contributed by atoms with Gasteiger partial charge in [-0.3, -0.25) is 0 Å². The third-order valence-electron chi connectivity index (χ3n) is 2.90. The molecule has 19 heavy (non-hydrogen) atoms. The minimum absolute atomic E-state index is 0.298. The Balaban J connectivity index is 1.83. The largest absolute Gasteiger partial charge is 0.444 e. The van der Waals surface area contributed by atoms with Crippen molar-refractivity contribution in [2.45, 2.75) is 32.9 Å². The standard InChI is InChI=1S/C15H20ClNO2/c1-11(2)18-9-5-8-17-10-13-12-6-3-4-7-14(12)19-15(13)16/h3-4,6-7,11,17H,5,8-10H2,1-2H3. The van der Waals surface area contributed by atoms with Crippen molar-refractivity contribution in [3.63, 3.8) is 0 Å². The van der Waals surface area contributed by atoms with Crippen molar-refractivity contribution in [2.24, 2.45) is 0 Å². The molecule has 0 aliphatic heterocycles. The Kier molecular flexibility index (Phi) is 5.25. The normalized spacial score (nSPS) is 11.6. The predicted molar refractivity (Wildman–Crippen MR) is 78.6 cm³/mol. The molecule has 1 heterocycles. The zero-order valence-corrected chi connectivity index (χ0v) is 12.2. The van der Waals surface area contributed by atoms with Gasteiger partial charge in [0.2, 0.25) is 0 Å². The van der Waals surface area contributed by atoms with Gasteiger partial charge in [0.05, 0.1) is 6.10 Å². The summed E-state index contributed by atoms with van der Waals surface area (Å²) < 4.78 is 11.0. The van der Waals surface area contributed by atoms with Crippen LogP contribution < -0.4 is 5.32 Å². The number of furan rings is 1. The van der Waals surface area contributed by atoms with Gasteiger partial charge in [-0.25, -0.2) is 0 Å². The van der Waals surface area contributed by atoms with Gasteiger partial charge in [-0.1, -0.05) is 18.2 Å². The first-order valence-electron chi connectivity index (χ1n) is 6.66. The quantitative estimate of drug-likeness (QED) is 0.779. The summed E-state index contributed by atoms with van der Waals surface area (Å²) in [4.78, 5) is 0. The Morgan fingerprint density at radius 2 is 2.11 bits per heavy atom. The average Bonchev–Trinajstić information content (AvgIpc) is 2.69. The fourth-order valence-corrected chi connectivity index (χ4v) is 2.22. The summed E-state index contributed by atoms with van der Waals surface area (Å²) in [5.74, 6) is 0. The first kappa shape index (κ1) is 14.4. The van der Waals surface area contributed by atoms with Crippen LogP contribution in [0.4, 0.5) is 0 Å². The summed E-state index contributed by atoms with van der Waals surface area (Å²) in [6, 6.07) is 7.90. The molecule has 2 aromatic rings. The van der Waals surface area contributed by atoms with Crippen molar-refractivity contribution < 1.29 is 9.15 Å². The highest BCUT2D eigenvalue weighted by Gasteiger charge is 2.10. The van der Waals surface area contributed by atoms with Gasteiger partial charge in [0.15, 0.2) is 5.22 Å². The highest BCUT2D eigenvalue weighted by atomic mass is 35.5. The second-order valence-corrected chi connectivity index (χ2v) is 5.14. The van der Waals surface area contributed by atoms with Crippen LogP contribution in [0.15, 0.2) is 28.7 Å². The minimum atomic E-state index is 0.298. The van der Waals surface area contributed by atoms with E-state index in [1.54, 1.807) is 0 Å². The fraction of sp³-hybridized carbons (Fsp3) is 0.467. The van der Waals surface area contributed by atoms with Crippen LogP contribution in [0.25, 0.3) is 11.0 Å². The van der Waals surface area contributed by atoms with Crippen LogP contribution in [0.2, 0.25) is 5.22 Å². The number of nitrogens with one attached hydrogen (secondary N) is 1. The number of ether oxygens (including phenoxy) is 1. The molecule has 0 fully saturated rings. The van der Waals surface area contributed by atoms with Crippen LogP contribution in [-0.2, 0) is 11.3 Å². The third-order valence-corrected chi connectivity index (χ3v) is 3.21. The van der Waals surface area contributed by atoms with Gasteiger partial charge in [0.25, 0.3) is 0 Å². The zero-order valence-electron chi connectivity index (χ0n) is 11.4. The van der Waals surface area contributed by atoms with E-state index < -0.39 is 0 Å². The van der Waals surface area contributed by atoms with E-state index >= 15 is 0 Å². The van der Waals surface area contributed by atoms with Crippen molar-refractivity contribution in [2.75, 3.05) is 13.2 Å². The lowest BCUT2D eigenvalue weighted by molar-refractivity contribution is 0.0770. The second-order valence-electron chi connectivity index (χ2n) is 4.80.